The summed E-state index contributed by atoms with van der Waals surface area (Å²) < 4.78 is 38.3. The Kier molecular flexibility index (Phi) is 3.73. The molecule has 0 saturated carbocycles. The zero-order valence-corrected chi connectivity index (χ0v) is 11.7. The molecule has 5 nitrogen and oxygen atoms in total. The first-order valence-electron chi connectivity index (χ1n) is 6.67. The minimum Gasteiger partial charge on any atom is -0.308 e. The van der Waals surface area contributed by atoms with Crippen molar-refractivity contribution in [1.82, 2.24) is 15.2 Å². The minimum absolute atomic E-state index is 0.0742. The monoisotopic (exact) mass is 320 g/mol. The number of rotatable bonds is 3. The molecule has 3 aromatic rings. The van der Waals surface area contributed by atoms with E-state index in [1.165, 1.54) is 6.07 Å². The van der Waals surface area contributed by atoms with Crippen LogP contribution in [0.3, 0.4) is 0 Å². The molecule has 0 saturated heterocycles. The fourth-order valence-electron chi connectivity index (χ4n) is 2.15. The van der Waals surface area contributed by atoms with Crippen molar-refractivity contribution in [2.75, 3.05) is 5.32 Å². The first-order chi connectivity index (χ1) is 10.9. The number of nitrogens with zero attached hydrogens (tertiary/aromatic N) is 2. The first-order valence-corrected chi connectivity index (χ1v) is 6.67. The summed E-state index contributed by atoms with van der Waals surface area (Å²) in [5.41, 5.74) is 0.363. The van der Waals surface area contributed by atoms with Gasteiger partial charge in [-0.25, -0.2) is 0 Å². The van der Waals surface area contributed by atoms with E-state index < -0.39 is 11.7 Å². The molecule has 1 aromatic carbocycles. The molecule has 0 fully saturated rings. The van der Waals surface area contributed by atoms with Gasteiger partial charge >= 0.3 is 6.18 Å². The molecule has 1 amide bonds. The molecule has 0 aliphatic rings. The van der Waals surface area contributed by atoms with E-state index in [9.17, 15) is 18.0 Å². The summed E-state index contributed by atoms with van der Waals surface area (Å²) in [7, 11) is 0. The lowest BCUT2D eigenvalue weighted by Gasteiger charge is -2.07. The third-order valence-electron chi connectivity index (χ3n) is 3.26. The van der Waals surface area contributed by atoms with Crippen molar-refractivity contribution in [3.8, 4) is 0 Å². The molecule has 0 atom stereocenters. The second-order valence-electron chi connectivity index (χ2n) is 4.91. The number of aromatic nitrogens is 3. The van der Waals surface area contributed by atoms with Crippen molar-refractivity contribution in [3.63, 3.8) is 0 Å². The molecule has 0 spiro atoms. The number of carbonyl (C=O) groups is 1. The number of amides is 1. The van der Waals surface area contributed by atoms with Crippen LogP contribution in [-0.2, 0) is 17.4 Å². The molecule has 3 rings (SSSR count). The Labute approximate surface area is 128 Å². The van der Waals surface area contributed by atoms with Crippen LogP contribution in [0.15, 0.2) is 42.7 Å². The SMILES string of the molecule is O=C(Cc1ccncc1)Nc1n[nH]c2ccc(C(F)(F)F)cc12. The molecule has 2 heterocycles. The number of hydrogen-bond acceptors (Lipinski definition) is 3. The van der Waals surface area contributed by atoms with Gasteiger partial charge in [-0.1, -0.05) is 0 Å². The maximum atomic E-state index is 12.8. The van der Waals surface area contributed by atoms with E-state index >= 15 is 0 Å². The smallest absolute Gasteiger partial charge is 0.308 e. The average molecular weight is 320 g/mol. The van der Waals surface area contributed by atoms with Gasteiger partial charge in [0.25, 0.3) is 0 Å². The van der Waals surface area contributed by atoms with E-state index in [4.69, 9.17) is 0 Å². The van der Waals surface area contributed by atoms with Gasteiger partial charge in [-0.2, -0.15) is 18.3 Å². The summed E-state index contributed by atoms with van der Waals surface area (Å²) in [6.45, 7) is 0. The topological polar surface area (TPSA) is 70.7 Å². The molecule has 0 radical (unpaired) electrons. The summed E-state index contributed by atoms with van der Waals surface area (Å²) in [5.74, 6) is -0.299. The molecule has 23 heavy (non-hydrogen) atoms. The van der Waals surface area contributed by atoms with Crippen molar-refractivity contribution in [3.05, 3.63) is 53.9 Å². The predicted octanol–water partition coefficient (Wildman–Crippen LogP) is 3.16. The standard InChI is InChI=1S/C15H11F3N4O/c16-15(17,18)10-1-2-12-11(8-10)14(22-21-12)20-13(23)7-9-3-5-19-6-4-9/h1-6,8H,7H2,(H2,20,21,22,23). The zero-order chi connectivity index (χ0) is 16.4. The van der Waals surface area contributed by atoms with Crippen molar-refractivity contribution in [1.29, 1.82) is 0 Å². The number of carbonyl (C=O) groups excluding carboxylic acids is 1. The molecule has 118 valence electrons. The highest BCUT2D eigenvalue weighted by Gasteiger charge is 2.31. The summed E-state index contributed by atoms with van der Waals surface area (Å²) in [6.07, 6.45) is -1.26. The first kappa shape index (κ1) is 15.0. The van der Waals surface area contributed by atoms with Crippen LogP contribution in [0.5, 0.6) is 0 Å². The van der Waals surface area contributed by atoms with Crippen LogP contribution in [0.2, 0.25) is 0 Å². The molecule has 0 bridgehead atoms. The molecule has 2 aromatic heterocycles. The third kappa shape index (κ3) is 3.31. The maximum absolute atomic E-state index is 12.8. The number of alkyl halides is 3. The highest BCUT2D eigenvalue weighted by atomic mass is 19.4. The van der Waals surface area contributed by atoms with Gasteiger partial charge in [-0.05, 0) is 35.9 Å². The number of aromatic amines is 1. The lowest BCUT2D eigenvalue weighted by Crippen LogP contribution is -2.15. The van der Waals surface area contributed by atoms with E-state index in [-0.39, 0.29) is 23.5 Å². The van der Waals surface area contributed by atoms with Crippen molar-refractivity contribution < 1.29 is 18.0 Å². The second kappa shape index (κ2) is 5.71. The number of halogens is 3. The van der Waals surface area contributed by atoms with Crippen LogP contribution >= 0.6 is 0 Å². The van der Waals surface area contributed by atoms with Crippen LogP contribution < -0.4 is 5.32 Å². The van der Waals surface area contributed by atoms with Gasteiger partial charge in [0.1, 0.15) is 0 Å². The molecule has 0 aliphatic heterocycles. The summed E-state index contributed by atoms with van der Waals surface area (Å²) in [4.78, 5) is 15.8. The Morgan fingerprint density at radius 2 is 1.91 bits per heavy atom. The van der Waals surface area contributed by atoms with Gasteiger partial charge in [0, 0.05) is 17.8 Å². The normalized spacial score (nSPS) is 11.6. The van der Waals surface area contributed by atoms with E-state index in [2.05, 4.69) is 20.5 Å². The number of benzene rings is 1. The van der Waals surface area contributed by atoms with E-state index in [0.717, 1.165) is 17.7 Å². The van der Waals surface area contributed by atoms with Gasteiger partial charge in [0.15, 0.2) is 5.82 Å². The number of H-pyrrole nitrogens is 1. The Morgan fingerprint density at radius 3 is 2.61 bits per heavy atom. The van der Waals surface area contributed by atoms with Gasteiger partial charge in [0.2, 0.25) is 5.91 Å². The molecule has 0 aliphatic carbocycles. The van der Waals surface area contributed by atoms with Gasteiger partial charge < -0.3 is 5.32 Å². The number of pyridine rings is 1. The molecular weight excluding hydrogens is 309 g/mol. The lowest BCUT2D eigenvalue weighted by atomic mass is 10.1. The average Bonchev–Trinajstić information content (AvgIpc) is 2.89. The summed E-state index contributed by atoms with van der Waals surface area (Å²) in [6, 6.07) is 6.57. The fourth-order valence-corrected chi connectivity index (χ4v) is 2.15. The third-order valence-corrected chi connectivity index (χ3v) is 3.26. The number of nitrogens with one attached hydrogen (secondary N) is 2. The largest absolute Gasteiger partial charge is 0.416 e. The summed E-state index contributed by atoms with van der Waals surface area (Å²) >= 11 is 0. The van der Waals surface area contributed by atoms with E-state index in [0.29, 0.717) is 5.52 Å². The highest BCUT2D eigenvalue weighted by Crippen LogP contribution is 2.32. The maximum Gasteiger partial charge on any atom is 0.416 e. The van der Waals surface area contributed by atoms with Crippen LogP contribution in [0.4, 0.5) is 19.0 Å². The second-order valence-corrected chi connectivity index (χ2v) is 4.91. The Hall–Kier alpha value is -2.90. The van der Waals surface area contributed by atoms with E-state index in [1.807, 2.05) is 0 Å². The van der Waals surface area contributed by atoms with E-state index in [1.54, 1.807) is 24.5 Å². The number of fused-ring (bicyclic) bond motifs is 1. The molecule has 0 unspecified atom stereocenters. The van der Waals surface area contributed by atoms with Crippen LogP contribution in [-0.4, -0.2) is 21.1 Å². The minimum atomic E-state index is -4.45. The van der Waals surface area contributed by atoms with Gasteiger partial charge in [-0.15, -0.1) is 0 Å². The number of hydrogen-bond donors (Lipinski definition) is 2. The predicted molar refractivity (Wildman–Crippen MR) is 77.7 cm³/mol. The van der Waals surface area contributed by atoms with Crippen LogP contribution in [0.1, 0.15) is 11.1 Å². The van der Waals surface area contributed by atoms with Gasteiger partial charge in [-0.3, -0.25) is 14.9 Å². The number of anilines is 1. The van der Waals surface area contributed by atoms with Crippen LogP contribution in [0.25, 0.3) is 10.9 Å². The van der Waals surface area contributed by atoms with Crippen molar-refractivity contribution in [2.24, 2.45) is 0 Å². The molecular formula is C15H11F3N4O. The quantitative estimate of drug-likeness (QED) is 0.779. The van der Waals surface area contributed by atoms with Crippen molar-refractivity contribution >= 4 is 22.6 Å². The zero-order valence-electron chi connectivity index (χ0n) is 11.7. The van der Waals surface area contributed by atoms with Crippen LogP contribution in [0, 0.1) is 0 Å². The highest BCUT2D eigenvalue weighted by molar-refractivity contribution is 6.00. The summed E-state index contributed by atoms with van der Waals surface area (Å²) in [5, 5.41) is 9.19. The fraction of sp³-hybridized carbons (Fsp3) is 0.133. The lowest BCUT2D eigenvalue weighted by molar-refractivity contribution is -0.137. The molecule has 2 N–H and O–H groups in total. The Balaban J connectivity index is 1.84. The van der Waals surface area contributed by atoms with Gasteiger partial charge in [0.05, 0.1) is 17.5 Å². The van der Waals surface area contributed by atoms with Crippen molar-refractivity contribution in [2.45, 2.75) is 12.6 Å². The molecule has 8 heteroatoms. The Morgan fingerprint density at radius 1 is 1.17 bits per heavy atom. The Bertz CT molecular complexity index is 843.